The fourth-order valence-electron chi connectivity index (χ4n) is 0.243. The van der Waals surface area contributed by atoms with Crippen molar-refractivity contribution in [1.82, 2.24) is 5.48 Å². The first kappa shape index (κ1) is 8.75. The van der Waals surface area contributed by atoms with E-state index in [2.05, 4.69) is 16.9 Å². The molecule has 0 aliphatic heterocycles. The van der Waals surface area contributed by atoms with Crippen LogP contribution in [0.15, 0.2) is 24.5 Å². The molecule has 0 rings (SSSR count). The van der Waals surface area contributed by atoms with Gasteiger partial charge in [0.25, 0.3) is 5.91 Å². The van der Waals surface area contributed by atoms with E-state index in [1.807, 2.05) is 0 Å². The van der Waals surface area contributed by atoms with E-state index in [-0.39, 0.29) is 5.91 Å². The van der Waals surface area contributed by atoms with Crippen LogP contribution >= 0.6 is 0 Å². The summed E-state index contributed by atoms with van der Waals surface area (Å²) in [5, 5.41) is 0. The normalized spacial score (nSPS) is 9.40. The molecular formula is C7H11NO2. The molecule has 0 atom stereocenters. The Hall–Kier alpha value is -1.25. The fraction of sp³-hybridized carbons (Fsp3) is 0.286. The summed E-state index contributed by atoms with van der Waals surface area (Å²) in [6.07, 6.45) is 3.04. The summed E-state index contributed by atoms with van der Waals surface area (Å²) in [6.45, 7) is 6.81. The van der Waals surface area contributed by atoms with Crippen molar-refractivity contribution in [3.05, 3.63) is 24.5 Å². The van der Waals surface area contributed by atoms with Gasteiger partial charge in [-0.25, -0.2) is 0 Å². The third kappa shape index (κ3) is 3.72. The number of carbonyl (C=O) groups is 1. The Morgan fingerprint density at radius 1 is 1.70 bits per heavy atom. The maximum Gasteiger partial charge on any atom is 0.278 e. The summed E-state index contributed by atoms with van der Waals surface area (Å²) in [5.74, 6) is -0.307. The van der Waals surface area contributed by atoms with Gasteiger partial charge < -0.3 is 4.84 Å². The molecule has 0 radical (unpaired) electrons. The van der Waals surface area contributed by atoms with Crippen LogP contribution in [0.5, 0.6) is 0 Å². The molecule has 0 heterocycles. The number of amides is 1. The van der Waals surface area contributed by atoms with E-state index in [0.717, 1.165) is 0 Å². The SMILES string of the molecule is C=C(C)C(=O)NO/C=C/C. The topological polar surface area (TPSA) is 38.3 Å². The van der Waals surface area contributed by atoms with Crippen molar-refractivity contribution in [2.24, 2.45) is 0 Å². The molecule has 3 nitrogen and oxygen atoms in total. The Labute approximate surface area is 60.3 Å². The molecule has 0 aliphatic rings. The molecule has 0 spiro atoms. The summed E-state index contributed by atoms with van der Waals surface area (Å²) < 4.78 is 0. The van der Waals surface area contributed by atoms with Crippen LogP contribution in [0.4, 0.5) is 0 Å². The van der Waals surface area contributed by atoms with Gasteiger partial charge in [-0.2, -0.15) is 5.48 Å². The first-order valence-electron chi connectivity index (χ1n) is 2.91. The minimum absolute atomic E-state index is 0.307. The van der Waals surface area contributed by atoms with Gasteiger partial charge >= 0.3 is 0 Å². The Balaban J connectivity index is 3.50. The minimum atomic E-state index is -0.307. The lowest BCUT2D eigenvalue weighted by atomic mass is 10.3. The van der Waals surface area contributed by atoms with E-state index >= 15 is 0 Å². The van der Waals surface area contributed by atoms with Gasteiger partial charge in [0.2, 0.25) is 0 Å². The molecule has 0 saturated heterocycles. The van der Waals surface area contributed by atoms with Gasteiger partial charge in [0.15, 0.2) is 0 Å². The Bertz CT molecular complexity index is 161. The molecule has 3 heteroatoms. The molecule has 0 aliphatic carbocycles. The number of rotatable bonds is 3. The van der Waals surface area contributed by atoms with Crippen LogP contribution in [0, 0.1) is 0 Å². The van der Waals surface area contributed by atoms with Gasteiger partial charge in [-0.15, -0.1) is 0 Å². The van der Waals surface area contributed by atoms with Gasteiger partial charge in [0.05, 0.1) is 0 Å². The third-order valence-corrected chi connectivity index (χ3v) is 0.743. The average Bonchev–Trinajstić information content (AvgIpc) is 1.88. The molecule has 0 unspecified atom stereocenters. The third-order valence-electron chi connectivity index (χ3n) is 0.743. The fourth-order valence-corrected chi connectivity index (χ4v) is 0.243. The second-order valence-electron chi connectivity index (χ2n) is 1.80. The van der Waals surface area contributed by atoms with Gasteiger partial charge in [-0.3, -0.25) is 4.79 Å². The van der Waals surface area contributed by atoms with Gasteiger partial charge in [-0.1, -0.05) is 6.58 Å². The van der Waals surface area contributed by atoms with Crippen LogP contribution in [-0.4, -0.2) is 5.91 Å². The lowest BCUT2D eigenvalue weighted by Gasteiger charge is -2.00. The second-order valence-corrected chi connectivity index (χ2v) is 1.80. The number of hydrogen-bond donors (Lipinski definition) is 1. The summed E-state index contributed by atoms with van der Waals surface area (Å²) in [4.78, 5) is 15.2. The summed E-state index contributed by atoms with van der Waals surface area (Å²) in [5.41, 5.74) is 2.58. The smallest absolute Gasteiger partial charge is 0.278 e. The molecule has 0 bridgehead atoms. The van der Waals surface area contributed by atoms with Crippen LogP contribution in [-0.2, 0) is 9.63 Å². The zero-order chi connectivity index (χ0) is 7.98. The van der Waals surface area contributed by atoms with Crippen molar-refractivity contribution in [3.8, 4) is 0 Å². The van der Waals surface area contributed by atoms with Crippen molar-refractivity contribution < 1.29 is 9.63 Å². The second kappa shape index (κ2) is 4.61. The Morgan fingerprint density at radius 3 is 2.70 bits per heavy atom. The number of carbonyl (C=O) groups excluding carboxylic acids is 1. The number of hydroxylamine groups is 1. The molecule has 0 aromatic rings. The van der Waals surface area contributed by atoms with Crippen molar-refractivity contribution >= 4 is 5.91 Å². The molecule has 0 aromatic carbocycles. The van der Waals surface area contributed by atoms with Crippen molar-refractivity contribution in [1.29, 1.82) is 0 Å². The van der Waals surface area contributed by atoms with E-state index in [1.165, 1.54) is 6.26 Å². The first-order chi connectivity index (χ1) is 4.68. The van der Waals surface area contributed by atoms with E-state index < -0.39 is 0 Å². The predicted octanol–water partition coefficient (Wildman–Crippen LogP) is 1.14. The summed E-state index contributed by atoms with van der Waals surface area (Å²) in [7, 11) is 0. The Kier molecular flexibility index (Phi) is 4.04. The highest BCUT2D eigenvalue weighted by Gasteiger charge is 1.97. The van der Waals surface area contributed by atoms with Crippen molar-refractivity contribution in [2.45, 2.75) is 13.8 Å². The maximum atomic E-state index is 10.6. The summed E-state index contributed by atoms with van der Waals surface area (Å²) >= 11 is 0. The number of allylic oxidation sites excluding steroid dienone is 1. The molecular weight excluding hydrogens is 130 g/mol. The molecule has 10 heavy (non-hydrogen) atoms. The zero-order valence-corrected chi connectivity index (χ0v) is 6.18. The van der Waals surface area contributed by atoms with Crippen LogP contribution in [0.25, 0.3) is 0 Å². The van der Waals surface area contributed by atoms with Crippen LogP contribution in [0.3, 0.4) is 0 Å². The summed E-state index contributed by atoms with van der Waals surface area (Å²) in [6, 6.07) is 0. The average molecular weight is 141 g/mol. The standard InChI is InChI=1S/C7H11NO2/c1-4-5-10-8-7(9)6(2)3/h4-5H,2H2,1,3H3,(H,8,9)/b5-4+. The van der Waals surface area contributed by atoms with Gasteiger partial charge in [0.1, 0.15) is 6.26 Å². The highest BCUT2D eigenvalue weighted by Crippen LogP contribution is 1.84. The molecule has 0 fully saturated rings. The van der Waals surface area contributed by atoms with Crippen molar-refractivity contribution in [3.63, 3.8) is 0 Å². The van der Waals surface area contributed by atoms with Gasteiger partial charge in [0, 0.05) is 5.57 Å². The van der Waals surface area contributed by atoms with E-state index in [1.54, 1.807) is 19.9 Å². The molecule has 0 saturated carbocycles. The highest BCUT2D eigenvalue weighted by atomic mass is 16.6. The van der Waals surface area contributed by atoms with Crippen LogP contribution < -0.4 is 5.48 Å². The highest BCUT2D eigenvalue weighted by molar-refractivity contribution is 5.91. The largest absolute Gasteiger partial charge is 0.387 e. The molecule has 0 aromatic heterocycles. The van der Waals surface area contributed by atoms with Gasteiger partial charge in [-0.05, 0) is 19.9 Å². The van der Waals surface area contributed by atoms with Crippen LogP contribution in [0.1, 0.15) is 13.8 Å². The zero-order valence-electron chi connectivity index (χ0n) is 6.18. The molecule has 56 valence electrons. The first-order valence-corrected chi connectivity index (χ1v) is 2.91. The van der Waals surface area contributed by atoms with Crippen LogP contribution in [0.2, 0.25) is 0 Å². The quantitative estimate of drug-likeness (QED) is 0.363. The molecule has 1 amide bonds. The monoisotopic (exact) mass is 141 g/mol. The number of nitrogens with one attached hydrogen (secondary N) is 1. The van der Waals surface area contributed by atoms with E-state index in [9.17, 15) is 4.79 Å². The minimum Gasteiger partial charge on any atom is -0.387 e. The van der Waals surface area contributed by atoms with E-state index in [0.29, 0.717) is 5.57 Å². The molecule has 1 N–H and O–H groups in total. The Morgan fingerprint density at radius 2 is 2.30 bits per heavy atom. The number of hydrogen-bond acceptors (Lipinski definition) is 2. The lowest BCUT2D eigenvalue weighted by molar-refractivity contribution is -0.125. The maximum absolute atomic E-state index is 10.6. The predicted molar refractivity (Wildman–Crippen MR) is 38.9 cm³/mol. The van der Waals surface area contributed by atoms with E-state index in [4.69, 9.17) is 0 Å². The lowest BCUT2D eigenvalue weighted by Crippen LogP contribution is -2.21. The van der Waals surface area contributed by atoms with Crippen molar-refractivity contribution in [2.75, 3.05) is 0 Å².